The summed E-state index contributed by atoms with van der Waals surface area (Å²) < 4.78 is 24.5. The molecule has 0 unspecified atom stereocenters. The summed E-state index contributed by atoms with van der Waals surface area (Å²) in [6.45, 7) is 3.95. The van der Waals surface area contributed by atoms with Gasteiger partial charge in [0.2, 0.25) is 0 Å². The number of hydrogen-bond donors (Lipinski definition) is 0. The van der Waals surface area contributed by atoms with E-state index in [1.54, 1.807) is 6.07 Å². The zero-order chi connectivity index (χ0) is 17.3. The third-order valence-corrected chi connectivity index (χ3v) is 3.87. The molecule has 3 rings (SSSR count). The van der Waals surface area contributed by atoms with Crippen LogP contribution >= 0.6 is 11.6 Å². The molecule has 0 N–H and O–H groups in total. The predicted octanol–water partition coefficient (Wildman–Crippen LogP) is 5.49. The lowest BCUT2D eigenvalue weighted by atomic mass is 10.1. The second-order valence-electron chi connectivity index (χ2n) is 5.70. The van der Waals surface area contributed by atoms with E-state index in [4.69, 9.17) is 21.1 Å². The van der Waals surface area contributed by atoms with Gasteiger partial charge in [-0.1, -0.05) is 11.6 Å². The first kappa shape index (κ1) is 16.5. The summed E-state index contributed by atoms with van der Waals surface area (Å²) >= 11 is 6.24. The zero-order valence-corrected chi connectivity index (χ0v) is 14.4. The fourth-order valence-electron chi connectivity index (χ4n) is 2.49. The number of rotatable bonds is 4. The summed E-state index contributed by atoms with van der Waals surface area (Å²) in [5.74, 6) is 0.511. The van der Waals surface area contributed by atoms with E-state index in [2.05, 4.69) is 4.98 Å². The maximum atomic E-state index is 13.8. The van der Waals surface area contributed by atoms with Crippen molar-refractivity contribution in [3.63, 3.8) is 0 Å². The van der Waals surface area contributed by atoms with E-state index in [-0.39, 0.29) is 17.0 Å². The van der Waals surface area contributed by atoms with Gasteiger partial charge in [-0.05, 0) is 61.7 Å². The van der Waals surface area contributed by atoms with Crippen molar-refractivity contribution in [3.05, 3.63) is 53.4 Å². The first-order valence-electron chi connectivity index (χ1n) is 7.59. The van der Waals surface area contributed by atoms with E-state index in [1.807, 2.05) is 44.2 Å². The van der Waals surface area contributed by atoms with Crippen LogP contribution < -0.4 is 9.47 Å². The Morgan fingerprint density at radius 2 is 1.79 bits per heavy atom. The monoisotopic (exact) mass is 345 g/mol. The number of benzene rings is 2. The Morgan fingerprint density at radius 1 is 1.08 bits per heavy atom. The summed E-state index contributed by atoms with van der Waals surface area (Å²) in [5, 5.41) is 1.58. The molecule has 0 bridgehead atoms. The minimum atomic E-state index is -0.461. The Bertz CT molecular complexity index is 879. The molecule has 1 aromatic heterocycles. The quantitative estimate of drug-likeness (QED) is 0.586. The smallest absolute Gasteiger partial charge is 0.165 e. The van der Waals surface area contributed by atoms with Crippen LogP contribution in [0.25, 0.3) is 22.0 Å². The highest BCUT2D eigenvalue weighted by Gasteiger charge is 2.11. The molecule has 3 aromatic rings. The topological polar surface area (TPSA) is 31.4 Å². The van der Waals surface area contributed by atoms with Gasteiger partial charge in [0.15, 0.2) is 11.6 Å². The Labute approximate surface area is 145 Å². The van der Waals surface area contributed by atoms with Gasteiger partial charge >= 0.3 is 0 Å². The zero-order valence-electron chi connectivity index (χ0n) is 13.6. The number of aromatic nitrogens is 1. The van der Waals surface area contributed by atoms with E-state index in [1.165, 1.54) is 13.2 Å². The molecule has 0 radical (unpaired) electrons. The van der Waals surface area contributed by atoms with E-state index >= 15 is 0 Å². The van der Waals surface area contributed by atoms with Crippen molar-refractivity contribution in [2.45, 2.75) is 20.0 Å². The number of methoxy groups -OCH3 is 1. The Balaban J connectivity index is 2.05. The standard InChI is InChI=1S/C19H17ClFNO2/c1-11(2)24-14-6-4-12(5-7-14)17-8-13-9-18(23-3)16(21)10-15(13)19(20)22-17/h4-11H,1-3H3. The van der Waals surface area contributed by atoms with Crippen molar-refractivity contribution in [2.75, 3.05) is 7.11 Å². The maximum absolute atomic E-state index is 13.8. The van der Waals surface area contributed by atoms with E-state index < -0.39 is 5.82 Å². The van der Waals surface area contributed by atoms with Crippen LogP contribution in [0.4, 0.5) is 4.39 Å². The van der Waals surface area contributed by atoms with E-state index in [9.17, 15) is 4.39 Å². The van der Waals surface area contributed by atoms with Gasteiger partial charge in [0.25, 0.3) is 0 Å². The van der Waals surface area contributed by atoms with Crippen molar-refractivity contribution in [2.24, 2.45) is 0 Å². The van der Waals surface area contributed by atoms with Gasteiger partial charge in [-0.2, -0.15) is 0 Å². The van der Waals surface area contributed by atoms with E-state index in [0.717, 1.165) is 16.7 Å². The van der Waals surface area contributed by atoms with Crippen LogP contribution in [0.15, 0.2) is 42.5 Å². The summed E-state index contributed by atoms with van der Waals surface area (Å²) in [4.78, 5) is 4.38. The normalized spacial score (nSPS) is 11.1. The minimum Gasteiger partial charge on any atom is -0.494 e. The molecule has 124 valence electrons. The molecule has 0 saturated heterocycles. The highest BCUT2D eigenvalue weighted by molar-refractivity contribution is 6.34. The molecular formula is C19H17ClFNO2. The Hall–Kier alpha value is -2.33. The second-order valence-corrected chi connectivity index (χ2v) is 6.06. The molecule has 2 aromatic carbocycles. The Morgan fingerprint density at radius 3 is 2.42 bits per heavy atom. The lowest BCUT2D eigenvalue weighted by Crippen LogP contribution is -2.05. The molecule has 0 fully saturated rings. The fourth-order valence-corrected chi connectivity index (χ4v) is 2.75. The van der Waals surface area contributed by atoms with Crippen LogP contribution in [0.3, 0.4) is 0 Å². The number of nitrogens with zero attached hydrogens (tertiary/aromatic N) is 1. The summed E-state index contributed by atoms with van der Waals surface area (Å²) in [6, 6.07) is 12.4. The molecule has 0 amide bonds. The van der Waals surface area contributed by atoms with Gasteiger partial charge in [0.1, 0.15) is 10.9 Å². The highest BCUT2D eigenvalue weighted by Crippen LogP contribution is 2.32. The average Bonchev–Trinajstić information content (AvgIpc) is 2.55. The van der Waals surface area contributed by atoms with Crippen molar-refractivity contribution in [1.82, 2.24) is 4.98 Å². The third-order valence-electron chi connectivity index (χ3n) is 3.58. The van der Waals surface area contributed by atoms with Gasteiger partial charge < -0.3 is 9.47 Å². The molecule has 0 aliphatic carbocycles. The van der Waals surface area contributed by atoms with Gasteiger partial charge in [0, 0.05) is 10.9 Å². The van der Waals surface area contributed by atoms with E-state index in [0.29, 0.717) is 11.1 Å². The summed E-state index contributed by atoms with van der Waals surface area (Å²) in [6.07, 6.45) is 0.117. The van der Waals surface area contributed by atoms with Crippen LogP contribution in [-0.4, -0.2) is 18.2 Å². The van der Waals surface area contributed by atoms with Gasteiger partial charge in [0.05, 0.1) is 18.9 Å². The number of ether oxygens (including phenoxy) is 2. The molecule has 0 aliphatic heterocycles. The molecule has 0 aliphatic rings. The first-order valence-corrected chi connectivity index (χ1v) is 7.96. The highest BCUT2D eigenvalue weighted by atomic mass is 35.5. The molecule has 0 atom stereocenters. The van der Waals surface area contributed by atoms with Crippen molar-refractivity contribution >= 4 is 22.4 Å². The predicted molar refractivity (Wildman–Crippen MR) is 94.5 cm³/mol. The number of hydrogen-bond acceptors (Lipinski definition) is 3. The van der Waals surface area contributed by atoms with Gasteiger partial charge in [-0.3, -0.25) is 0 Å². The molecule has 0 saturated carbocycles. The molecule has 1 heterocycles. The van der Waals surface area contributed by atoms with Crippen LogP contribution in [0.1, 0.15) is 13.8 Å². The van der Waals surface area contributed by atoms with Crippen molar-refractivity contribution in [1.29, 1.82) is 0 Å². The lowest BCUT2D eigenvalue weighted by Gasteiger charge is -2.11. The maximum Gasteiger partial charge on any atom is 0.165 e. The van der Waals surface area contributed by atoms with Crippen molar-refractivity contribution in [3.8, 4) is 22.8 Å². The molecule has 5 heteroatoms. The lowest BCUT2D eigenvalue weighted by molar-refractivity contribution is 0.242. The molecular weight excluding hydrogens is 329 g/mol. The third kappa shape index (κ3) is 3.29. The SMILES string of the molecule is COc1cc2cc(-c3ccc(OC(C)C)cc3)nc(Cl)c2cc1F. The summed E-state index contributed by atoms with van der Waals surface area (Å²) in [7, 11) is 1.43. The minimum absolute atomic E-state index is 0.117. The van der Waals surface area contributed by atoms with Crippen LogP contribution in [0.2, 0.25) is 5.15 Å². The largest absolute Gasteiger partial charge is 0.494 e. The fraction of sp³-hybridized carbons (Fsp3) is 0.211. The number of pyridine rings is 1. The average molecular weight is 346 g/mol. The van der Waals surface area contributed by atoms with Crippen LogP contribution in [0, 0.1) is 5.82 Å². The molecule has 0 spiro atoms. The number of fused-ring (bicyclic) bond motifs is 1. The molecule has 3 nitrogen and oxygen atoms in total. The van der Waals surface area contributed by atoms with Crippen LogP contribution in [-0.2, 0) is 0 Å². The Kier molecular flexibility index (Phi) is 4.58. The van der Waals surface area contributed by atoms with Crippen LogP contribution in [0.5, 0.6) is 11.5 Å². The summed E-state index contributed by atoms with van der Waals surface area (Å²) in [5.41, 5.74) is 1.61. The molecule has 24 heavy (non-hydrogen) atoms. The second kappa shape index (κ2) is 6.65. The number of halogens is 2. The first-order chi connectivity index (χ1) is 11.5. The van der Waals surface area contributed by atoms with Crippen molar-refractivity contribution < 1.29 is 13.9 Å². The van der Waals surface area contributed by atoms with Gasteiger partial charge in [-0.25, -0.2) is 9.37 Å². The van der Waals surface area contributed by atoms with Gasteiger partial charge in [-0.15, -0.1) is 0 Å².